The molecule has 4 rings (SSSR count). The van der Waals surface area contributed by atoms with E-state index in [4.69, 9.17) is 11.6 Å². The highest BCUT2D eigenvalue weighted by atomic mass is 35.5. The van der Waals surface area contributed by atoms with Gasteiger partial charge in [0.05, 0.1) is 0 Å². The lowest BCUT2D eigenvalue weighted by atomic mass is 10.3. The molecule has 0 atom stereocenters. The third kappa shape index (κ3) is 4.25. The molecule has 2 aromatic heterocycles. The summed E-state index contributed by atoms with van der Waals surface area (Å²) in [5.74, 6) is 3.18. The van der Waals surface area contributed by atoms with E-state index in [1.165, 1.54) is 0 Å². The van der Waals surface area contributed by atoms with Crippen molar-refractivity contribution in [1.29, 1.82) is 0 Å². The van der Waals surface area contributed by atoms with Crippen LogP contribution >= 0.6 is 11.6 Å². The minimum atomic E-state index is 0.685. The Kier molecular flexibility index (Phi) is 5.02. The van der Waals surface area contributed by atoms with Crippen molar-refractivity contribution in [2.24, 2.45) is 0 Å². The SMILES string of the molecule is Cc1nc(Nc2cccc(Cl)c2)cc(N2CCN(c3ncccn3)CC2)n1. The van der Waals surface area contributed by atoms with Crippen molar-refractivity contribution in [2.45, 2.75) is 6.92 Å². The van der Waals surface area contributed by atoms with E-state index in [0.717, 1.165) is 55.3 Å². The lowest BCUT2D eigenvalue weighted by molar-refractivity contribution is 0.633. The van der Waals surface area contributed by atoms with E-state index in [1.54, 1.807) is 12.4 Å². The van der Waals surface area contributed by atoms with Gasteiger partial charge in [-0.15, -0.1) is 0 Å². The Bertz CT molecular complexity index is 911. The fourth-order valence-electron chi connectivity index (χ4n) is 3.08. The first kappa shape index (κ1) is 17.5. The monoisotopic (exact) mass is 381 g/mol. The summed E-state index contributed by atoms with van der Waals surface area (Å²) in [7, 11) is 0. The average Bonchev–Trinajstić information content (AvgIpc) is 2.68. The lowest BCUT2D eigenvalue weighted by Crippen LogP contribution is -2.47. The van der Waals surface area contributed by atoms with E-state index in [-0.39, 0.29) is 0 Å². The van der Waals surface area contributed by atoms with Crippen molar-refractivity contribution in [3.05, 3.63) is 59.6 Å². The molecule has 0 aliphatic carbocycles. The van der Waals surface area contributed by atoms with Crippen LogP contribution in [-0.2, 0) is 0 Å². The zero-order chi connectivity index (χ0) is 18.6. The van der Waals surface area contributed by atoms with Gasteiger partial charge in [0.25, 0.3) is 0 Å². The summed E-state index contributed by atoms with van der Waals surface area (Å²) >= 11 is 6.06. The van der Waals surface area contributed by atoms with Crippen molar-refractivity contribution < 1.29 is 0 Å². The molecule has 0 saturated carbocycles. The fourth-order valence-corrected chi connectivity index (χ4v) is 3.27. The smallest absolute Gasteiger partial charge is 0.225 e. The van der Waals surface area contributed by atoms with Crippen molar-refractivity contribution in [3.8, 4) is 0 Å². The van der Waals surface area contributed by atoms with E-state index >= 15 is 0 Å². The van der Waals surface area contributed by atoms with Gasteiger partial charge in [-0.25, -0.2) is 19.9 Å². The van der Waals surface area contributed by atoms with Crippen LogP contribution in [0.2, 0.25) is 5.02 Å². The Morgan fingerprint density at radius 2 is 1.67 bits per heavy atom. The zero-order valence-corrected chi connectivity index (χ0v) is 15.8. The maximum atomic E-state index is 6.06. The molecule has 1 N–H and O–H groups in total. The summed E-state index contributed by atoms with van der Waals surface area (Å²) in [6.07, 6.45) is 3.55. The van der Waals surface area contributed by atoms with Gasteiger partial charge in [0.1, 0.15) is 17.5 Å². The molecule has 1 aliphatic rings. The van der Waals surface area contributed by atoms with Crippen LogP contribution in [-0.4, -0.2) is 46.1 Å². The molecule has 1 fully saturated rings. The van der Waals surface area contributed by atoms with Crippen LogP contribution < -0.4 is 15.1 Å². The Morgan fingerprint density at radius 3 is 2.41 bits per heavy atom. The van der Waals surface area contributed by atoms with Gasteiger partial charge >= 0.3 is 0 Å². The molecule has 1 aromatic carbocycles. The van der Waals surface area contributed by atoms with Gasteiger partial charge in [-0.2, -0.15) is 0 Å². The minimum Gasteiger partial charge on any atom is -0.353 e. The van der Waals surface area contributed by atoms with E-state index < -0.39 is 0 Å². The van der Waals surface area contributed by atoms with E-state index in [9.17, 15) is 0 Å². The van der Waals surface area contributed by atoms with Crippen LogP contribution in [0.15, 0.2) is 48.8 Å². The summed E-state index contributed by atoms with van der Waals surface area (Å²) in [5.41, 5.74) is 0.901. The summed E-state index contributed by atoms with van der Waals surface area (Å²) < 4.78 is 0. The summed E-state index contributed by atoms with van der Waals surface area (Å²) in [4.78, 5) is 22.2. The largest absolute Gasteiger partial charge is 0.353 e. The van der Waals surface area contributed by atoms with Gasteiger partial charge in [-0.05, 0) is 31.2 Å². The predicted octanol–water partition coefficient (Wildman–Crippen LogP) is 3.30. The molecule has 7 nitrogen and oxygen atoms in total. The number of aromatic nitrogens is 4. The van der Waals surface area contributed by atoms with Gasteiger partial charge in [-0.1, -0.05) is 17.7 Å². The summed E-state index contributed by atoms with van der Waals surface area (Å²) in [5, 5.41) is 3.99. The van der Waals surface area contributed by atoms with Crippen LogP contribution in [0.5, 0.6) is 0 Å². The number of piperazine rings is 1. The number of anilines is 4. The minimum absolute atomic E-state index is 0.685. The number of hydrogen-bond donors (Lipinski definition) is 1. The Morgan fingerprint density at radius 1 is 0.926 bits per heavy atom. The third-order valence-electron chi connectivity index (χ3n) is 4.36. The molecule has 27 heavy (non-hydrogen) atoms. The molecule has 0 bridgehead atoms. The zero-order valence-electron chi connectivity index (χ0n) is 15.0. The number of halogens is 1. The van der Waals surface area contributed by atoms with Gasteiger partial charge in [0.15, 0.2) is 0 Å². The quantitative estimate of drug-likeness (QED) is 0.743. The molecular weight excluding hydrogens is 362 g/mol. The number of rotatable bonds is 4. The second-order valence-corrected chi connectivity index (χ2v) is 6.75. The highest BCUT2D eigenvalue weighted by molar-refractivity contribution is 6.30. The first-order valence-electron chi connectivity index (χ1n) is 8.82. The highest BCUT2D eigenvalue weighted by Gasteiger charge is 2.20. The summed E-state index contributed by atoms with van der Waals surface area (Å²) in [6.45, 7) is 5.31. The molecule has 0 unspecified atom stereocenters. The molecule has 1 aliphatic heterocycles. The Balaban J connectivity index is 1.47. The van der Waals surface area contributed by atoms with Crippen LogP contribution in [0.3, 0.4) is 0 Å². The van der Waals surface area contributed by atoms with Crippen molar-refractivity contribution >= 4 is 34.9 Å². The molecule has 8 heteroatoms. The highest BCUT2D eigenvalue weighted by Crippen LogP contribution is 2.23. The van der Waals surface area contributed by atoms with Crippen LogP contribution in [0, 0.1) is 6.92 Å². The van der Waals surface area contributed by atoms with Crippen LogP contribution in [0.1, 0.15) is 5.82 Å². The standard InChI is InChI=1S/C19H20ClN7/c1-14-23-17(25-16-5-2-4-15(20)12-16)13-18(24-14)26-8-10-27(11-9-26)19-21-6-3-7-22-19/h2-7,12-13H,8-11H2,1H3,(H,23,24,25). The topological polar surface area (TPSA) is 70.1 Å². The number of nitrogens with one attached hydrogen (secondary N) is 1. The second-order valence-electron chi connectivity index (χ2n) is 6.32. The second kappa shape index (κ2) is 7.75. The van der Waals surface area contributed by atoms with Gasteiger partial charge in [0, 0.05) is 55.3 Å². The molecular formula is C19H20ClN7. The number of benzene rings is 1. The maximum absolute atomic E-state index is 6.06. The molecule has 0 amide bonds. The molecule has 0 spiro atoms. The van der Waals surface area contributed by atoms with Crippen LogP contribution in [0.4, 0.5) is 23.3 Å². The van der Waals surface area contributed by atoms with Gasteiger partial charge in [0.2, 0.25) is 5.95 Å². The first-order valence-corrected chi connectivity index (χ1v) is 9.20. The van der Waals surface area contributed by atoms with E-state index in [0.29, 0.717) is 5.02 Å². The van der Waals surface area contributed by atoms with E-state index in [1.807, 2.05) is 43.3 Å². The van der Waals surface area contributed by atoms with Crippen LogP contribution in [0.25, 0.3) is 0 Å². The molecule has 138 valence electrons. The number of nitrogens with zero attached hydrogens (tertiary/aromatic N) is 6. The Labute approximate surface area is 163 Å². The van der Waals surface area contributed by atoms with Crippen molar-refractivity contribution in [3.63, 3.8) is 0 Å². The predicted molar refractivity (Wildman–Crippen MR) is 108 cm³/mol. The third-order valence-corrected chi connectivity index (χ3v) is 4.60. The number of hydrogen-bond acceptors (Lipinski definition) is 7. The Hall–Kier alpha value is -2.93. The molecule has 0 radical (unpaired) electrons. The number of aryl methyl sites for hydroxylation is 1. The van der Waals surface area contributed by atoms with Gasteiger partial charge < -0.3 is 15.1 Å². The van der Waals surface area contributed by atoms with Crippen molar-refractivity contribution in [2.75, 3.05) is 41.3 Å². The van der Waals surface area contributed by atoms with Crippen molar-refractivity contribution in [1.82, 2.24) is 19.9 Å². The fraction of sp³-hybridized carbons (Fsp3) is 0.263. The molecule has 3 heterocycles. The summed E-state index contributed by atoms with van der Waals surface area (Å²) in [6, 6.07) is 11.4. The maximum Gasteiger partial charge on any atom is 0.225 e. The lowest BCUT2D eigenvalue weighted by Gasteiger charge is -2.35. The van der Waals surface area contributed by atoms with E-state index in [2.05, 4.69) is 35.1 Å². The van der Waals surface area contributed by atoms with Gasteiger partial charge in [-0.3, -0.25) is 0 Å². The molecule has 3 aromatic rings. The average molecular weight is 382 g/mol. The normalized spacial score (nSPS) is 14.3. The molecule has 1 saturated heterocycles. The first-order chi connectivity index (χ1) is 13.2.